The first-order chi connectivity index (χ1) is 9.09. The number of aryl methyl sites for hydroxylation is 1. The highest BCUT2D eigenvalue weighted by Gasteiger charge is 2.41. The summed E-state index contributed by atoms with van der Waals surface area (Å²) in [7, 11) is 0. The molecule has 0 saturated carbocycles. The number of hydrogen-bond acceptors (Lipinski definition) is 4. The van der Waals surface area contributed by atoms with Crippen LogP contribution in [-0.2, 0) is 6.54 Å². The molecule has 2 unspecified atom stereocenters. The van der Waals surface area contributed by atoms with Gasteiger partial charge in [0.15, 0.2) is 0 Å². The van der Waals surface area contributed by atoms with Crippen LogP contribution in [0.3, 0.4) is 0 Å². The molecule has 2 atom stereocenters. The molecule has 1 aliphatic heterocycles. The summed E-state index contributed by atoms with van der Waals surface area (Å²) in [5.74, 6) is 1.14. The molecule has 19 heavy (non-hydrogen) atoms. The average molecular weight is 279 g/mol. The van der Waals surface area contributed by atoms with E-state index in [0.29, 0.717) is 5.25 Å². The van der Waals surface area contributed by atoms with Crippen LogP contribution >= 0.6 is 11.8 Å². The minimum Gasteiger partial charge on any atom is -0.329 e. The summed E-state index contributed by atoms with van der Waals surface area (Å²) in [4.78, 5) is 7.15. The Bertz CT molecular complexity index is 424. The van der Waals surface area contributed by atoms with E-state index in [0.717, 1.165) is 36.8 Å². The maximum Gasteiger partial charge on any atom is 0.0547 e. The quantitative estimate of drug-likeness (QED) is 0.899. The normalized spacial score (nSPS) is 27.1. The van der Waals surface area contributed by atoms with Crippen molar-refractivity contribution in [1.82, 2.24) is 9.88 Å². The number of pyridine rings is 1. The Labute approximate surface area is 121 Å². The molecule has 2 heterocycles. The van der Waals surface area contributed by atoms with Gasteiger partial charge in [0, 0.05) is 35.3 Å². The molecule has 0 radical (unpaired) electrons. The third kappa shape index (κ3) is 3.30. The van der Waals surface area contributed by atoms with Gasteiger partial charge in [-0.25, -0.2) is 0 Å². The van der Waals surface area contributed by atoms with Crippen LogP contribution in [0.15, 0.2) is 18.2 Å². The standard InChI is InChI=1S/C15H25N3S/c1-4-18(9-14-7-5-6-12(2)17-14)15(10-16)8-13(3)19-11-15/h5-7,13H,4,8-11,16H2,1-3H3. The molecule has 3 nitrogen and oxygen atoms in total. The number of rotatable bonds is 5. The zero-order valence-corrected chi connectivity index (χ0v) is 13.0. The summed E-state index contributed by atoms with van der Waals surface area (Å²) < 4.78 is 0. The van der Waals surface area contributed by atoms with E-state index in [-0.39, 0.29) is 5.54 Å². The van der Waals surface area contributed by atoms with Crippen LogP contribution in [0.5, 0.6) is 0 Å². The largest absolute Gasteiger partial charge is 0.329 e. The van der Waals surface area contributed by atoms with Crippen LogP contribution in [0.25, 0.3) is 0 Å². The second kappa shape index (κ2) is 6.25. The lowest BCUT2D eigenvalue weighted by Gasteiger charge is -2.39. The van der Waals surface area contributed by atoms with Crippen molar-refractivity contribution in [1.29, 1.82) is 0 Å². The minimum atomic E-state index is 0.157. The second-order valence-corrected chi connectivity index (χ2v) is 6.97. The number of hydrogen-bond donors (Lipinski definition) is 1. The maximum atomic E-state index is 6.12. The van der Waals surface area contributed by atoms with Gasteiger partial charge < -0.3 is 5.73 Å². The lowest BCUT2D eigenvalue weighted by Crippen LogP contribution is -2.54. The maximum absolute atomic E-state index is 6.12. The number of likely N-dealkylation sites (N-methyl/N-ethyl adjacent to an activating group) is 1. The number of aromatic nitrogens is 1. The van der Waals surface area contributed by atoms with Gasteiger partial charge in [-0.15, -0.1) is 0 Å². The van der Waals surface area contributed by atoms with Crippen LogP contribution in [0.4, 0.5) is 0 Å². The fourth-order valence-electron chi connectivity index (χ4n) is 2.94. The van der Waals surface area contributed by atoms with Crippen molar-refractivity contribution in [2.75, 3.05) is 18.8 Å². The minimum absolute atomic E-state index is 0.157. The van der Waals surface area contributed by atoms with E-state index in [2.05, 4.69) is 35.9 Å². The van der Waals surface area contributed by atoms with E-state index >= 15 is 0 Å². The number of nitrogens with two attached hydrogens (primary N) is 1. The lowest BCUT2D eigenvalue weighted by molar-refractivity contribution is 0.109. The first-order valence-electron chi connectivity index (χ1n) is 7.09. The monoisotopic (exact) mass is 279 g/mol. The van der Waals surface area contributed by atoms with E-state index < -0.39 is 0 Å². The van der Waals surface area contributed by atoms with Crippen LogP contribution in [0.2, 0.25) is 0 Å². The zero-order chi connectivity index (χ0) is 13.9. The summed E-state index contributed by atoms with van der Waals surface area (Å²) in [6.07, 6.45) is 1.19. The topological polar surface area (TPSA) is 42.2 Å². The van der Waals surface area contributed by atoms with E-state index in [1.165, 1.54) is 6.42 Å². The lowest BCUT2D eigenvalue weighted by atomic mass is 9.93. The summed E-state index contributed by atoms with van der Waals surface area (Å²) in [6, 6.07) is 6.25. The summed E-state index contributed by atoms with van der Waals surface area (Å²) >= 11 is 2.04. The van der Waals surface area contributed by atoms with Crippen molar-refractivity contribution in [3.05, 3.63) is 29.6 Å². The van der Waals surface area contributed by atoms with Crippen molar-refractivity contribution in [2.24, 2.45) is 5.73 Å². The van der Waals surface area contributed by atoms with Crippen molar-refractivity contribution in [2.45, 2.75) is 44.5 Å². The van der Waals surface area contributed by atoms with Crippen molar-refractivity contribution >= 4 is 11.8 Å². The van der Waals surface area contributed by atoms with Gasteiger partial charge in [-0.1, -0.05) is 19.9 Å². The van der Waals surface area contributed by atoms with Gasteiger partial charge in [-0.3, -0.25) is 9.88 Å². The number of nitrogens with zero attached hydrogens (tertiary/aromatic N) is 2. The van der Waals surface area contributed by atoms with E-state index in [1.54, 1.807) is 0 Å². The smallest absolute Gasteiger partial charge is 0.0547 e. The highest BCUT2D eigenvalue weighted by atomic mass is 32.2. The fourth-order valence-corrected chi connectivity index (χ4v) is 4.38. The van der Waals surface area contributed by atoms with Gasteiger partial charge in [0.25, 0.3) is 0 Å². The number of thioether (sulfide) groups is 1. The average Bonchev–Trinajstić information content (AvgIpc) is 2.79. The molecule has 106 valence electrons. The van der Waals surface area contributed by atoms with Gasteiger partial charge in [0.05, 0.1) is 5.69 Å². The molecule has 2 rings (SSSR count). The van der Waals surface area contributed by atoms with E-state index in [9.17, 15) is 0 Å². The van der Waals surface area contributed by atoms with E-state index in [4.69, 9.17) is 5.73 Å². The van der Waals surface area contributed by atoms with Gasteiger partial charge in [-0.2, -0.15) is 11.8 Å². The van der Waals surface area contributed by atoms with E-state index in [1.807, 2.05) is 24.8 Å². The second-order valence-electron chi connectivity index (χ2n) is 5.54. The Morgan fingerprint density at radius 2 is 2.32 bits per heavy atom. The Balaban J connectivity index is 2.15. The Hall–Kier alpha value is -0.580. The van der Waals surface area contributed by atoms with Crippen LogP contribution in [0.1, 0.15) is 31.7 Å². The predicted molar refractivity (Wildman–Crippen MR) is 83.4 cm³/mol. The molecule has 1 aliphatic rings. The van der Waals surface area contributed by atoms with Crippen molar-refractivity contribution < 1.29 is 0 Å². The Kier molecular flexibility index (Phi) is 4.87. The molecule has 4 heteroatoms. The molecule has 2 N–H and O–H groups in total. The molecule has 1 fully saturated rings. The molecule has 0 spiro atoms. The molecule has 1 aromatic heterocycles. The SMILES string of the molecule is CCN(Cc1cccc(C)n1)C1(CN)CSC(C)C1. The molecule has 1 aromatic rings. The van der Waals surface area contributed by atoms with Gasteiger partial charge in [0.1, 0.15) is 0 Å². The molecule has 1 saturated heterocycles. The highest BCUT2D eigenvalue weighted by Crippen LogP contribution is 2.38. The van der Waals surface area contributed by atoms with Gasteiger partial charge >= 0.3 is 0 Å². The molecule has 0 amide bonds. The Morgan fingerprint density at radius 1 is 1.53 bits per heavy atom. The third-order valence-corrected chi connectivity index (χ3v) is 5.48. The third-order valence-electron chi connectivity index (χ3n) is 4.04. The zero-order valence-electron chi connectivity index (χ0n) is 12.2. The summed E-state index contributed by atoms with van der Waals surface area (Å²) in [5.41, 5.74) is 8.51. The first kappa shape index (κ1) is 14.8. The molecule has 0 aliphatic carbocycles. The van der Waals surface area contributed by atoms with Crippen molar-refractivity contribution in [3.63, 3.8) is 0 Å². The van der Waals surface area contributed by atoms with Crippen LogP contribution in [-0.4, -0.2) is 39.5 Å². The summed E-state index contributed by atoms with van der Waals surface area (Å²) in [5, 5.41) is 0.711. The van der Waals surface area contributed by atoms with Gasteiger partial charge in [-0.05, 0) is 32.0 Å². The Morgan fingerprint density at radius 3 is 2.84 bits per heavy atom. The van der Waals surface area contributed by atoms with Crippen LogP contribution in [0, 0.1) is 6.92 Å². The molecular weight excluding hydrogens is 254 g/mol. The predicted octanol–water partition coefficient (Wildman–Crippen LogP) is 2.43. The molecule has 0 bridgehead atoms. The highest BCUT2D eigenvalue weighted by molar-refractivity contribution is 8.00. The van der Waals surface area contributed by atoms with Crippen molar-refractivity contribution in [3.8, 4) is 0 Å². The molecule has 0 aromatic carbocycles. The first-order valence-corrected chi connectivity index (χ1v) is 8.14. The fraction of sp³-hybridized carbons (Fsp3) is 0.667. The van der Waals surface area contributed by atoms with Gasteiger partial charge in [0.2, 0.25) is 0 Å². The summed E-state index contributed by atoms with van der Waals surface area (Å²) in [6.45, 7) is 9.25. The van der Waals surface area contributed by atoms with Crippen LogP contribution < -0.4 is 5.73 Å². The molecular formula is C15H25N3S.